The second-order valence-electron chi connectivity index (χ2n) is 9.04. The highest BCUT2D eigenvalue weighted by Gasteiger charge is 2.24. The van der Waals surface area contributed by atoms with Gasteiger partial charge in [0, 0.05) is 60.9 Å². The van der Waals surface area contributed by atoms with Crippen molar-refractivity contribution in [1.82, 2.24) is 15.2 Å². The maximum Gasteiger partial charge on any atom is 0.189 e. The molecule has 2 aliphatic heterocycles. The summed E-state index contributed by atoms with van der Waals surface area (Å²) in [6, 6.07) is 12.2. The molecular weight excluding hydrogens is 446 g/mol. The van der Waals surface area contributed by atoms with Crippen LogP contribution in [0, 0.1) is 0 Å². The van der Waals surface area contributed by atoms with Crippen LogP contribution in [0.15, 0.2) is 36.4 Å². The van der Waals surface area contributed by atoms with Crippen LogP contribution in [0.4, 0.5) is 28.0 Å². The van der Waals surface area contributed by atoms with E-state index in [0.29, 0.717) is 33.7 Å². The number of carbonyl (C=O) groups is 1. The molecule has 1 atom stereocenters. The Balaban J connectivity index is 1.38. The molecule has 1 unspecified atom stereocenters. The third-order valence-electron chi connectivity index (χ3n) is 6.81. The summed E-state index contributed by atoms with van der Waals surface area (Å²) >= 11 is 1.42. The van der Waals surface area contributed by atoms with Gasteiger partial charge >= 0.3 is 0 Å². The van der Waals surface area contributed by atoms with E-state index in [9.17, 15) is 4.79 Å². The van der Waals surface area contributed by atoms with Gasteiger partial charge in [-0.2, -0.15) is 0 Å². The third-order valence-corrected chi connectivity index (χ3v) is 7.81. The van der Waals surface area contributed by atoms with Crippen LogP contribution in [0.2, 0.25) is 0 Å². The molecule has 34 heavy (non-hydrogen) atoms. The van der Waals surface area contributed by atoms with Crippen molar-refractivity contribution in [2.24, 2.45) is 0 Å². The molecule has 5 rings (SSSR count). The van der Waals surface area contributed by atoms with Gasteiger partial charge in [0.25, 0.3) is 0 Å². The zero-order valence-corrected chi connectivity index (χ0v) is 20.2. The molecule has 178 valence electrons. The summed E-state index contributed by atoms with van der Waals surface area (Å²) in [6.45, 7) is 6.08. The van der Waals surface area contributed by atoms with E-state index in [-0.39, 0.29) is 0 Å². The standard InChI is InChI=1S/C25H31N7OS/c1-31-10-12-32(13-11-31)19-5-3-18(4-6-19)29-25-30-24(27)23(34-25)21-17(15-33)2-7-20(22(21)26)16-8-9-28-14-16/h2-7,15-16,28H,8-14,26-27H2,1H3,(H,29,30). The molecule has 6 N–H and O–H groups in total. The Morgan fingerprint density at radius 1 is 1.12 bits per heavy atom. The molecule has 0 saturated carbocycles. The van der Waals surface area contributed by atoms with Crippen molar-refractivity contribution in [3.63, 3.8) is 0 Å². The van der Waals surface area contributed by atoms with Crippen molar-refractivity contribution < 1.29 is 4.79 Å². The van der Waals surface area contributed by atoms with E-state index in [2.05, 4.69) is 56.7 Å². The smallest absolute Gasteiger partial charge is 0.189 e. The van der Waals surface area contributed by atoms with Crippen LogP contribution < -0.4 is 27.0 Å². The van der Waals surface area contributed by atoms with Gasteiger partial charge in [-0.15, -0.1) is 0 Å². The van der Waals surface area contributed by atoms with Crippen molar-refractivity contribution in [3.05, 3.63) is 47.5 Å². The summed E-state index contributed by atoms with van der Waals surface area (Å²) in [4.78, 5) is 21.8. The summed E-state index contributed by atoms with van der Waals surface area (Å²) in [6.07, 6.45) is 1.87. The van der Waals surface area contributed by atoms with Gasteiger partial charge in [-0.3, -0.25) is 4.79 Å². The predicted molar refractivity (Wildman–Crippen MR) is 141 cm³/mol. The second kappa shape index (κ2) is 9.61. The average molecular weight is 478 g/mol. The van der Waals surface area contributed by atoms with Crippen molar-refractivity contribution in [1.29, 1.82) is 0 Å². The number of piperazine rings is 1. The van der Waals surface area contributed by atoms with E-state index < -0.39 is 0 Å². The first-order valence-corrected chi connectivity index (χ1v) is 12.5. The molecule has 0 spiro atoms. The first-order valence-electron chi connectivity index (χ1n) is 11.7. The minimum absolute atomic E-state index is 0.338. The van der Waals surface area contributed by atoms with Gasteiger partial charge < -0.3 is 31.9 Å². The minimum Gasteiger partial charge on any atom is -0.398 e. The first kappa shape index (κ1) is 22.6. The van der Waals surface area contributed by atoms with Gasteiger partial charge in [-0.05, 0) is 55.8 Å². The number of carbonyl (C=O) groups excluding carboxylic acids is 1. The molecule has 2 aromatic carbocycles. The highest BCUT2D eigenvalue weighted by molar-refractivity contribution is 7.19. The Morgan fingerprint density at radius 2 is 1.88 bits per heavy atom. The number of rotatable bonds is 6. The van der Waals surface area contributed by atoms with Crippen molar-refractivity contribution in [2.75, 3.05) is 68.0 Å². The molecule has 9 heteroatoms. The highest BCUT2D eigenvalue weighted by atomic mass is 32.1. The molecule has 8 nitrogen and oxygen atoms in total. The molecule has 0 aliphatic carbocycles. The Labute approximate surface area is 204 Å². The van der Waals surface area contributed by atoms with Crippen LogP contribution in [-0.4, -0.2) is 62.5 Å². The summed E-state index contributed by atoms with van der Waals surface area (Å²) in [7, 11) is 2.16. The number of anilines is 5. The molecule has 2 saturated heterocycles. The largest absolute Gasteiger partial charge is 0.398 e. The lowest BCUT2D eigenvalue weighted by atomic mass is 9.91. The lowest BCUT2D eigenvalue weighted by Crippen LogP contribution is -2.44. The molecule has 2 fully saturated rings. The van der Waals surface area contributed by atoms with E-state index in [4.69, 9.17) is 11.5 Å². The molecular formula is C25H31N7OS. The normalized spacial score (nSPS) is 18.9. The molecule has 2 aliphatic rings. The van der Waals surface area contributed by atoms with Gasteiger partial charge in [0.15, 0.2) is 11.4 Å². The lowest BCUT2D eigenvalue weighted by Gasteiger charge is -2.34. The van der Waals surface area contributed by atoms with Gasteiger partial charge in [-0.1, -0.05) is 23.5 Å². The van der Waals surface area contributed by atoms with E-state index in [1.807, 2.05) is 12.1 Å². The fourth-order valence-corrected chi connectivity index (χ4v) is 5.77. The number of aldehydes is 1. The zero-order valence-electron chi connectivity index (χ0n) is 19.4. The topological polar surface area (TPSA) is 113 Å². The second-order valence-corrected chi connectivity index (χ2v) is 10.0. The number of benzene rings is 2. The molecule has 0 bridgehead atoms. The Hall–Kier alpha value is -3.14. The maximum atomic E-state index is 11.8. The molecule has 3 heterocycles. The number of hydrogen-bond donors (Lipinski definition) is 4. The van der Waals surface area contributed by atoms with Crippen LogP contribution in [0.1, 0.15) is 28.3 Å². The molecule has 3 aromatic rings. The molecule has 0 radical (unpaired) electrons. The number of nitrogens with zero attached hydrogens (tertiary/aromatic N) is 3. The summed E-state index contributed by atoms with van der Waals surface area (Å²) < 4.78 is 0. The van der Waals surface area contributed by atoms with Crippen LogP contribution in [-0.2, 0) is 0 Å². The Bertz CT molecular complexity index is 1160. The van der Waals surface area contributed by atoms with Crippen LogP contribution in [0.3, 0.4) is 0 Å². The van der Waals surface area contributed by atoms with E-state index in [1.54, 1.807) is 0 Å². The number of nitrogens with two attached hydrogens (primary N) is 2. The van der Waals surface area contributed by atoms with Gasteiger partial charge in [-0.25, -0.2) is 4.98 Å². The fourth-order valence-electron chi connectivity index (χ4n) is 4.79. The Kier molecular flexibility index (Phi) is 6.40. The lowest BCUT2D eigenvalue weighted by molar-refractivity contribution is 0.112. The number of hydrogen-bond acceptors (Lipinski definition) is 9. The Morgan fingerprint density at radius 3 is 2.56 bits per heavy atom. The molecule has 1 aromatic heterocycles. The average Bonchev–Trinajstić information content (AvgIpc) is 3.50. The van der Waals surface area contributed by atoms with E-state index in [1.165, 1.54) is 17.0 Å². The maximum absolute atomic E-state index is 11.8. The number of thiazole rings is 1. The number of aromatic nitrogens is 1. The monoisotopic (exact) mass is 477 g/mol. The highest BCUT2D eigenvalue weighted by Crippen LogP contribution is 2.43. The summed E-state index contributed by atoms with van der Waals surface area (Å²) in [5.41, 5.74) is 18.0. The zero-order chi connectivity index (χ0) is 23.7. The van der Waals surface area contributed by atoms with E-state index in [0.717, 1.165) is 68.1 Å². The SMILES string of the molecule is CN1CCN(c2ccc(Nc3nc(N)c(-c4c(C=O)ccc(C5CCNC5)c4N)s3)cc2)CC1. The predicted octanol–water partition coefficient (Wildman–Crippen LogP) is 3.36. The number of nitrogen functional groups attached to an aromatic ring is 2. The van der Waals surface area contributed by atoms with Crippen molar-refractivity contribution >= 4 is 45.6 Å². The van der Waals surface area contributed by atoms with Gasteiger partial charge in [0.2, 0.25) is 0 Å². The van der Waals surface area contributed by atoms with Crippen LogP contribution in [0.5, 0.6) is 0 Å². The third kappa shape index (κ3) is 4.46. The van der Waals surface area contributed by atoms with Crippen LogP contribution >= 0.6 is 11.3 Å². The quantitative estimate of drug-likeness (QED) is 0.316. The van der Waals surface area contributed by atoms with Gasteiger partial charge in [0.1, 0.15) is 5.82 Å². The first-order chi connectivity index (χ1) is 16.5. The van der Waals surface area contributed by atoms with E-state index >= 15 is 0 Å². The van der Waals surface area contributed by atoms with Crippen molar-refractivity contribution in [3.8, 4) is 10.4 Å². The number of likely N-dealkylation sites (N-methyl/N-ethyl adjacent to an activating group) is 1. The van der Waals surface area contributed by atoms with Crippen molar-refractivity contribution in [2.45, 2.75) is 12.3 Å². The van der Waals surface area contributed by atoms with Gasteiger partial charge in [0.05, 0.1) is 4.88 Å². The minimum atomic E-state index is 0.338. The number of nitrogens with one attached hydrogen (secondary N) is 2. The fraction of sp³-hybridized carbons (Fsp3) is 0.360. The summed E-state index contributed by atoms with van der Waals surface area (Å²) in [5.74, 6) is 0.711. The van der Waals surface area contributed by atoms with Crippen LogP contribution in [0.25, 0.3) is 10.4 Å². The summed E-state index contributed by atoms with van der Waals surface area (Å²) in [5, 5.41) is 7.41. The molecule has 0 amide bonds.